The maximum atomic E-state index is 12.2. The van der Waals surface area contributed by atoms with Gasteiger partial charge in [-0.15, -0.1) is 6.42 Å². The van der Waals surface area contributed by atoms with Crippen LogP contribution in [0.1, 0.15) is 17.5 Å². The molecule has 1 N–H and O–H groups in total. The van der Waals surface area contributed by atoms with Crippen molar-refractivity contribution >= 4 is 0 Å². The molecule has 0 saturated carbocycles. The van der Waals surface area contributed by atoms with E-state index in [1.165, 1.54) is 12.1 Å². The van der Waals surface area contributed by atoms with Crippen molar-refractivity contribution in [3.05, 3.63) is 35.4 Å². The van der Waals surface area contributed by atoms with E-state index in [9.17, 15) is 4.39 Å². The van der Waals surface area contributed by atoms with Crippen LogP contribution in [-0.2, 0) is 0 Å². The Hall–Kier alpha value is -1.33. The van der Waals surface area contributed by atoms with E-state index in [0.29, 0.717) is 5.56 Å². The van der Waals surface area contributed by atoms with Crippen LogP contribution in [0.2, 0.25) is 0 Å². The number of hydrogen-bond donors (Lipinski definition) is 1. The van der Waals surface area contributed by atoms with Crippen LogP contribution in [-0.4, -0.2) is 5.11 Å². The number of aliphatic hydroxyl groups excluding tert-OH is 1. The molecule has 2 heteroatoms. The van der Waals surface area contributed by atoms with Gasteiger partial charge in [0.25, 0.3) is 0 Å². The molecule has 0 aliphatic carbocycles. The molecule has 0 aliphatic heterocycles. The largest absolute Gasteiger partial charge is 0.360 e. The highest BCUT2D eigenvalue weighted by molar-refractivity contribution is 5.34. The number of benzene rings is 1. The molecule has 0 fully saturated rings. The molecular weight excluding hydrogens is 143 g/mol. The predicted octanol–water partition coefficient (Wildman–Crippen LogP) is 1.63. The van der Waals surface area contributed by atoms with Gasteiger partial charge in [-0.3, -0.25) is 0 Å². The zero-order chi connectivity index (χ0) is 8.27. The Kier molecular flexibility index (Phi) is 2.25. The number of alkyl halides is 1. The molecule has 1 nitrogen and oxygen atoms in total. The molecule has 56 valence electrons. The SMILES string of the molecule is C#Cc1ccc(C(O)F)cc1. The maximum Gasteiger partial charge on any atom is 0.222 e. The van der Waals surface area contributed by atoms with Gasteiger partial charge in [-0.05, 0) is 12.1 Å². The van der Waals surface area contributed by atoms with Crippen molar-refractivity contribution in [3.8, 4) is 12.3 Å². The number of rotatable bonds is 1. The fourth-order valence-corrected chi connectivity index (χ4v) is 0.738. The molecule has 0 aromatic heterocycles. The van der Waals surface area contributed by atoms with Crippen LogP contribution in [0.4, 0.5) is 4.39 Å². The van der Waals surface area contributed by atoms with Gasteiger partial charge in [0.05, 0.1) is 0 Å². The van der Waals surface area contributed by atoms with E-state index in [4.69, 9.17) is 11.5 Å². The molecule has 0 saturated heterocycles. The van der Waals surface area contributed by atoms with Crippen LogP contribution in [0.15, 0.2) is 24.3 Å². The molecular formula is C9H7FO. The Balaban J connectivity index is 2.94. The molecule has 0 bridgehead atoms. The summed E-state index contributed by atoms with van der Waals surface area (Å²) in [5, 5.41) is 8.47. The van der Waals surface area contributed by atoms with Crippen LogP contribution >= 0.6 is 0 Å². The van der Waals surface area contributed by atoms with E-state index < -0.39 is 6.36 Å². The third-order valence-electron chi connectivity index (χ3n) is 1.35. The topological polar surface area (TPSA) is 20.2 Å². The normalized spacial score (nSPS) is 12.1. The molecule has 1 unspecified atom stereocenters. The third kappa shape index (κ3) is 1.79. The van der Waals surface area contributed by atoms with Gasteiger partial charge in [0, 0.05) is 11.1 Å². The lowest BCUT2D eigenvalue weighted by atomic mass is 10.1. The highest BCUT2D eigenvalue weighted by Crippen LogP contribution is 2.13. The first kappa shape index (κ1) is 7.77. The summed E-state index contributed by atoms with van der Waals surface area (Å²) in [6.45, 7) is 0. The molecule has 0 spiro atoms. The Labute approximate surface area is 64.5 Å². The Morgan fingerprint density at radius 3 is 2.27 bits per heavy atom. The fourth-order valence-electron chi connectivity index (χ4n) is 0.738. The number of aliphatic hydroxyl groups is 1. The highest BCUT2D eigenvalue weighted by Gasteiger charge is 2.01. The van der Waals surface area contributed by atoms with Crippen molar-refractivity contribution in [2.45, 2.75) is 6.36 Å². The van der Waals surface area contributed by atoms with E-state index >= 15 is 0 Å². The van der Waals surface area contributed by atoms with E-state index in [0.717, 1.165) is 0 Å². The van der Waals surface area contributed by atoms with Crippen LogP contribution < -0.4 is 0 Å². The van der Waals surface area contributed by atoms with Gasteiger partial charge in [0.2, 0.25) is 6.36 Å². The summed E-state index contributed by atoms with van der Waals surface area (Å²) < 4.78 is 12.2. The van der Waals surface area contributed by atoms with Crippen LogP contribution in [0, 0.1) is 12.3 Å². The minimum absolute atomic E-state index is 0.226. The van der Waals surface area contributed by atoms with Crippen molar-refractivity contribution in [2.24, 2.45) is 0 Å². The van der Waals surface area contributed by atoms with Gasteiger partial charge in [-0.1, -0.05) is 18.1 Å². The van der Waals surface area contributed by atoms with Crippen molar-refractivity contribution in [3.63, 3.8) is 0 Å². The number of halogens is 1. The van der Waals surface area contributed by atoms with Gasteiger partial charge < -0.3 is 5.11 Å². The first-order chi connectivity index (χ1) is 5.24. The van der Waals surface area contributed by atoms with Crippen molar-refractivity contribution in [1.29, 1.82) is 0 Å². The lowest BCUT2D eigenvalue weighted by Crippen LogP contribution is -1.87. The minimum atomic E-state index is -1.91. The highest BCUT2D eigenvalue weighted by atomic mass is 19.1. The smallest absolute Gasteiger partial charge is 0.222 e. The standard InChI is InChI=1S/C9H7FO/c1-2-7-3-5-8(6-4-7)9(10)11/h1,3-6,9,11H. The van der Waals surface area contributed by atoms with Crippen molar-refractivity contribution in [1.82, 2.24) is 0 Å². The summed E-state index contributed by atoms with van der Waals surface area (Å²) in [4.78, 5) is 0. The minimum Gasteiger partial charge on any atom is -0.360 e. The van der Waals surface area contributed by atoms with Gasteiger partial charge in [-0.25, -0.2) is 4.39 Å². The molecule has 1 rings (SSSR count). The second-order valence-electron chi connectivity index (χ2n) is 2.10. The maximum absolute atomic E-state index is 12.2. The molecule has 11 heavy (non-hydrogen) atoms. The number of terminal acetylenes is 1. The molecule has 1 aromatic rings. The van der Waals surface area contributed by atoms with Crippen molar-refractivity contribution < 1.29 is 9.50 Å². The summed E-state index contributed by atoms with van der Waals surface area (Å²) in [6.07, 6.45) is 3.15. The third-order valence-corrected chi connectivity index (χ3v) is 1.35. The number of hydrogen-bond acceptors (Lipinski definition) is 1. The zero-order valence-corrected chi connectivity index (χ0v) is 5.79. The van der Waals surface area contributed by atoms with Crippen LogP contribution in [0.5, 0.6) is 0 Å². The first-order valence-electron chi connectivity index (χ1n) is 3.13. The second kappa shape index (κ2) is 3.18. The van der Waals surface area contributed by atoms with E-state index in [-0.39, 0.29) is 5.56 Å². The molecule has 0 amide bonds. The van der Waals surface area contributed by atoms with E-state index in [1.54, 1.807) is 12.1 Å². The van der Waals surface area contributed by atoms with E-state index in [1.807, 2.05) is 0 Å². The second-order valence-corrected chi connectivity index (χ2v) is 2.10. The first-order valence-corrected chi connectivity index (χ1v) is 3.13. The van der Waals surface area contributed by atoms with Gasteiger partial charge >= 0.3 is 0 Å². The average Bonchev–Trinajstić information content (AvgIpc) is 2.05. The summed E-state index contributed by atoms with van der Waals surface area (Å²) >= 11 is 0. The van der Waals surface area contributed by atoms with Crippen LogP contribution in [0.25, 0.3) is 0 Å². The summed E-state index contributed by atoms with van der Waals surface area (Å²) in [5.74, 6) is 2.39. The summed E-state index contributed by atoms with van der Waals surface area (Å²) in [7, 11) is 0. The van der Waals surface area contributed by atoms with Crippen LogP contribution in [0.3, 0.4) is 0 Å². The Morgan fingerprint density at radius 2 is 1.91 bits per heavy atom. The Morgan fingerprint density at radius 1 is 1.36 bits per heavy atom. The Bertz CT molecular complexity index is 269. The summed E-state index contributed by atoms with van der Waals surface area (Å²) in [5.41, 5.74) is 0.901. The molecule has 0 aliphatic rings. The lowest BCUT2D eigenvalue weighted by molar-refractivity contribution is 0.0411. The molecule has 1 atom stereocenters. The van der Waals surface area contributed by atoms with Gasteiger partial charge in [0.1, 0.15) is 0 Å². The van der Waals surface area contributed by atoms with Gasteiger partial charge in [-0.2, -0.15) is 0 Å². The predicted molar refractivity (Wildman–Crippen MR) is 40.4 cm³/mol. The molecule has 1 aromatic carbocycles. The summed E-state index contributed by atoms with van der Waals surface area (Å²) in [6, 6.07) is 6.08. The molecule has 0 heterocycles. The monoisotopic (exact) mass is 150 g/mol. The quantitative estimate of drug-likeness (QED) is 0.603. The lowest BCUT2D eigenvalue weighted by Gasteiger charge is -1.99. The fraction of sp³-hybridized carbons (Fsp3) is 0.111. The molecule has 0 radical (unpaired) electrons. The average molecular weight is 150 g/mol. The van der Waals surface area contributed by atoms with E-state index in [2.05, 4.69) is 5.92 Å². The van der Waals surface area contributed by atoms with Gasteiger partial charge in [0.15, 0.2) is 0 Å². The van der Waals surface area contributed by atoms with Crippen molar-refractivity contribution in [2.75, 3.05) is 0 Å². The zero-order valence-electron chi connectivity index (χ0n) is 5.79.